The Labute approximate surface area is 203 Å². The van der Waals surface area contributed by atoms with Gasteiger partial charge in [-0.3, -0.25) is 4.79 Å². The van der Waals surface area contributed by atoms with Gasteiger partial charge < -0.3 is 10.1 Å². The van der Waals surface area contributed by atoms with Gasteiger partial charge in [-0.2, -0.15) is 5.10 Å². The summed E-state index contributed by atoms with van der Waals surface area (Å²) in [5, 5.41) is 7.57. The highest BCUT2D eigenvalue weighted by Crippen LogP contribution is 2.30. The van der Waals surface area contributed by atoms with E-state index >= 15 is 0 Å². The number of amides is 1. The predicted molar refractivity (Wildman–Crippen MR) is 134 cm³/mol. The number of aryl methyl sites for hydroxylation is 3. The molecule has 174 valence electrons. The van der Waals surface area contributed by atoms with Crippen LogP contribution in [-0.4, -0.2) is 32.8 Å². The van der Waals surface area contributed by atoms with Crippen molar-refractivity contribution in [3.8, 4) is 11.7 Å². The van der Waals surface area contributed by atoms with Crippen LogP contribution in [0.5, 0.6) is 5.75 Å². The predicted octanol–water partition coefficient (Wildman–Crippen LogP) is 5.24. The molecule has 2 aromatic heterocycles. The first-order chi connectivity index (χ1) is 16.3. The van der Waals surface area contributed by atoms with Gasteiger partial charge in [-0.15, -0.1) is 0 Å². The summed E-state index contributed by atoms with van der Waals surface area (Å²) >= 11 is 1.65. The average molecular weight is 474 g/mol. The van der Waals surface area contributed by atoms with Gasteiger partial charge in [-0.25, -0.2) is 14.6 Å². The molecule has 7 nitrogen and oxygen atoms in total. The van der Waals surface area contributed by atoms with Gasteiger partial charge in [-0.05, 0) is 82.3 Å². The summed E-state index contributed by atoms with van der Waals surface area (Å²) < 4.78 is 6.91. The standard InChI is InChI=1S/C26H27N5O2S/c1-16-14-17(2)28-26(27-16)31-19(4)24(18(3)30-31)15-25(32)29-20-6-10-22(11-7-20)34-23-12-8-21(33-5)9-13-23/h6-14H,15H2,1-5H3,(H,29,32). The number of methoxy groups -OCH3 is 1. The molecule has 2 heterocycles. The van der Waals surface area contributed by atoms with E-state index in [4.69, 9.17) is 4.74 Å². The van der Waals surface area contributed by atoms with E-state index in [1.807, 2.05) is 82.3 Å². The fourth-order valence-corrected chi connectivity index (χ4v) is 4.50. The number of ether oxygens (including phenoxy) is 1. The van der Waals surface area contributed by atoms with Crippen LogP contribution in [0.25, 0.3) is 5.95 Å². The van der Waals surface area contributed by atoms with Crippen LogP contribution in [0.2, 0.25) is 0 Å². The van der Waals surface area contributed by atoms with E-state index in [-0.39, 0.29) is 12.3 Å². The Hall–Kier alpha value is -3.65. The van der Waals surface area contributed by atoms with Crippen LogP contribution in [-0.2, 0) is 11.2 Å². The van der Waals surface area contributed by atoms with E-state index in [0.29, 0.717) is 5.95 Å². The van der Waals surface area contributed by atoms with Crippen molar-refractivity contribution in [2.75, 3.05) is 12.4 Å². The molecule has 0 saturated carbocycles. The number of anilines is 1. The highest BCUT2D eigenvalue weighted by Gasteiger charge is 2.18. The van der Waals surface area contributed by atoms with E-state index in [1.165, 1.54) is 0 Å². The molecular weight excluding hydrogens is 446 g/mol. The second-order valence-electron chi connectivity index (χ2n) is 8.04. The zero-order valence-corrected chi connectivity index (χ0v) is 20.7. The molecule has 0 aliphatic heterocycles. The van der Waals surface area contributed by atoms with Crippen LogP contribution in [0.3, 0.4) is 0 Å². The van der Waals surface area contributed by atoms with Crippen molar-refractivity contribution < 1.29 is 9.53 Å². The molecule has 0 unspecified atom stereocenters. The van der Waals surface area contributed by atoms with Gasteiger partial charge in [0.2, 0.25) is 5.91 Å². The van der Waals surface area contributed by atoms with Crippen molar-refractivity contribution in [2.45, 2.75) is 43.9 Å². The van der Waals surface area contributed by atoms with Gasteiger partial charge >= 0.3 is 0 Å². The number of rotatable bonds is 7. The maximum Gasteiger partial charge on any atom is 0.251 e. The maximum atomic E-state index is 12.8. The lowest BCUT2D eigenvalue weighted by Crippen LogP contribution is -2.15. The number of hydrogen-bond acceptors (Lipinski definition) is 6. The summed E-state index contributed by atoms with van der Waals surface area (Å²) in [6, 6.07) is 17.7. The summed E-state index contributed by atoms with van der Waals surface area (Å²) in [7, 11) is 1.66. The zero-order chi connectivity index (χ0) is 24.2. The Balaban J connectivity index is 1.42. The third-order valence-electron chi connectivity index (χ3n) is 5.37. The van der Waals surface area contributed by atoms with E-state index < -0.39 is 0 Å². The number of hydrogen-bond donors (Lipinski definition) is 1. The third-order valence-corrected chi connectivity index (χ3v) is 6.39. The quantitative estimate of drug-likeness (QED) is 0.395. The second kappa shape index (κ2) is 10.1. The molecule has 4 rings (SSSR count). The highest BCUT2D eigenvalue weighted by atomic mass is 32.2. The van der Waals surface area contributed by atoms with Crippen molar-refractivity contribution in [3.05, 3.63) is 82.9 Å². The smallest absolute Gasteiger partial charge is 0.251 e. The number of benzene rings is 2. The lowest BCUT2D eigenvalue weighted by molar-refractivity contribution is -0.115. The molecule has 0 bridgehead atoms. The molecule has 4 aromatic rings. The molecular formula is C26H27N5O2S. The third kappa shape index (κ3) is 5.46. The SMILES string of the molecule is COc1ccc(Sc2ccc(NC(=O)Cc3c(C)nn(-c4nc(C)cc(C)n4)c3C)cc2)cc1. The van der Waals surface area contributed by atoms with Crippen LogP contribution >= 0.6 is 11.8 Å². The van der Waals surface area contributed by atoms with Gasteiger partial charge in [0.05, 0.1) is 19.2 Å². The number of aromatic nitrogens is 4. The molecule has 1 amide bonds. The molecule has 0 radical (unpaired) electrons. The molecule has 0 atom stereocenters. The normalized spacial score (nSPS) is 10.9. The van der Waals surface area contributed by atoms with Gasteiger partial charge in [0.25, 0.3) is 5.95 Å². The summed E-state index contributed by atoms with van der Waals surface area (Å²) in [4.78, 5) is 24.0. The number of nitrogens with one attached hydrogen (secondary N) is 1. The van der Waals surface area contributed by atoms with Gasteiger partial charge in [0.15, 0.2) is 0 Å². The van der Waals surface area contributed by atoms with E-state index in [2.05, 4.69) is 20.4 Å². The topological polar surface area (TPSA) is 81.9 Å². The maximum absolute atomic E-state index is 12.8. The van der Waals surface area contributed by atoms with Crippen molar-refractivity contribution in [1.29, 1.82) is 0 Å². The molecule has 0 saturated heterocycles. The minimum absolute atomic E-state index is 0.0948. The molecule has 8 heteroatoms. The Kier molecular flexibility index (Phi) is 6.98. The van der Waals surface area contributed by atoms with Crippen LogP contribution in [0.15, 0.2) is 64.4 Å². The second-order valence-corrected chi connectivity index (χ2v) is 9.19. The minimum atomic E-state index is -0.0948. The molecule has 0 aliphatic carbocycles. The summed E-state index contributed by atoms with van der Waals surface area (Å²) in [5.41, 5.74) is 5.05. The lowest BCUT2D eigenvalue weighted by Gasteiger charge is -2.08. The fourth-order valence-electron chi connectivity index (χ4n) is 3.68. The van der Waals surface area contributed by atoms with E-state index in [1.54, 1.807) is 23.6 Å². The Morgan fingerprint density at radius 1 is 0.941 bits per heavy atom. The lowest BCUT2D eigenvalue weighted by atomic mass is 10.1. The number of carbonyl (C=O) groups excluding carboxylic acids is 1. The summed E-state index contributed by atoms with van der Waals surface area (Å²) in [5.74, 6) is 1.26. The van der Waals surface area contributed by atoms with E-state index in [9.17, 15) is 4.79 Å². The van der Waals surface area contributed by atoms with E-state index in [0.717, 1.165) is 49.6 Å². The molecule has 0 fully saturated rings. The van der Waals surface area contributed by atoms with Crippen molar-refractivity contribution >= 4 is 23.4 Å². The van der Waals surface area contributed by atoms with Crippen LogP contribution < -0.4 is 10.1 Å². The molecule has 1 N–H and O–H groups in total. The summed E-state index contributed by atoms with van der Waals surface area (Å²) in [6.07, 6.45) is 0.227. The Morgan fingerprint density at radius 3 is 2.12 bits per heavy atom. The molecule has 0 spiro atoms. The highest BCUT2D eigenvalue weighted by molar-refractivity contribution is 7.99. The number of nitrogens with zero attached hydrogens (tertiary/aromatic N) is 4. The van der Waals surface area contributed by atoms with Crippen molar-refractivity contribution in [1.82, 2.24) is 19.7 Å². The molecule has 2 aromatic carbocycles. The van der Waals surface area contributed by atoms with Crippen LogP contribution in [0.1, 0.15) is 28.3 Å². The van der Waals surface area contributed by atoms with Gasteiger partial charge in [-0.1, -0.05) is 11.8 Å². The fraction of sp³-hybridized carbons (Fsp3) is 0.231. The van der Waals surface area contributed by atoms with Gasteiger partial charge in [0.1, 0.15) is 5.75 Å². The van der Waals surface area contributed by atoms with Crippen LogP contribution in [0.4, 0.5) is 5.69 Å². The van der Waals surface area contributed by atoms with Crippen LogP contribution in [0, 0.1) is 27.7 Å². The van der Waals surface area contributed by atoms with Gasteiger partial charge in [0, 0.05) is 38.1 Å². The minimum Gasteiger partial charge on any atom is -0.497 e. The molecule has 34 heavy (non-hydrogen) atoms. The Morgan fingerprint density at radius 2 is 1.53 bits per heavy atom. The Bertz CT molecular complexity index is 1290. The molecule has 0 aliphatic rings. The summed E-state index contributed by atoms with van der Waals surface area (Å²) in [6.45, 7) is 7.70. The zero-order valence-electron chi connectivity index (χ0n) is 19.9. The largest absolute Gasteiger partial charge is 0.497 e. The first-order valence-electron chi connectivity index (χ1n) is 10.9. The van der Waals surface area contributed by atoms with Crippen molar-refractivity contribution in [2.24, 2.45) is 0 Å². The first kappa shape index (κ1) is 23.5. The van der Waals surface area contributed by atoms with Crippen molar-refractivity contribution in [3.63, 3.8) is 0 Å². The average Bonchev–Trinajstić information content (AvgIpc) is 3.08. The first-order valence-corrected chi connectivity index (χ1v) is 11.7. The monoisotopic (exact) mass is 473 g/mol. The number of carbonyl (C=O) groups is 1.